The maximum Gasteiger partial charge on any atom is 0.208 e. The van der Waals surface area contributed by atoms with Gasteiger partial charge >= 0.3 is 0 Å². The Morgan fingerprint density at radius 2 is 1.81 bits per heavy atom. The molecule has 2 aromatic rings. The second kappa shape index (κ2) is 6.82. The summed E-state index contributed by atoms with van der Waals surface area (Å²) in [5.74, 6) is 0.559. The Bertz CT molecular complexity index is 872. The van der Waals surface area contributed by atoms with Crippen LogP contribution in [0.1, 0.15) is 31.4 Å². The number of rotatable bonds is 5. The number of halogens is 2. The van der Waals surface area contributed by atoms with Crippen molar-refractivity contribution in [1.29, 1.82) is 0 Å². The van der Waals surface area contributed by atoms with Crippen molar-refractivity contribution in [2.24, 2.45) is 10.9 Å². The first-order valence-electron chi connectivity index (χ1n) is 8.64. The molecule has 26 heavy (non-hydrogen) atoms. The maximum atomic E-state index is 14.7. The minimum absolute atomic E-state index is 0.0841. The lowest BCUT2D eigenvalue weighted by molar-refractivity contribution is 0.617. The van der Waals surface area contributed by atoms with Crippen molar-refractivity contribution in [2.75, 3.05) is 17.2 Å². The average molecular weight is 355 g/mol. The normalized spacial score (nSPS) is 17.5. The first kappa shape index (κ1) is 16.6. The fourth-order valence-electron chi connectivity index (χ4n) is 2.94. The zero-order chi connectivity index (χ0) is 18.1. The van der Waals surface area contributed by atoms with Crippen molar-refractivity contribution in [3.05, 3.63) is 59.4 Å². The highest BCUT2D eigenvalue weighted by Crippen LogP contribution is 2.38. The van der Waals surface area contributed by atoms with Gasteiger partial charge in [-0.25, -0.2) is 14.4 Å². The summed E-state index contributed by atoms with van der Waals surface area (Å²) in [6.07, 6.45) is 5.71. The fraction of sp³-hybridized carbons (Fsp3) is 0.316. The van der Waals surface area contributed by atoms with E-state index in [4.69, 9.17) is 0 Å². The molecule has 0 amide bonds. The van der Waals surface area contributed by atoms with Crippen molar-refractivity contribution >= 4 is 17.5 Å². The summed E-state index contributed by atoms with van der Waals surface area (Å²) in [6, 6.07) is 5.82. The summed E-state index contributed by atoms with van der Waals surface area (Å²) in [5.41, 5.74) is 2.13. The molecule has 1 aliphatic carbocycles. The molecule has 1 saturated carbocycles. The lowest BCUT2D eigenvalue weighted by atomic mass is 10.1. The second-order valence-electron chi connectivity index (χ2n) is 6.62. The van der Waals surface area contributed by atoms with Crippen molar-refractivity contribution in [2.45, 2.75) is 25.8 Å². The van der Waals surface area contributed by atoms with E-state index < -0.39 is 5.82 Å². The lowest BCUT2D eigenvalue weighted by Crippen LogP contribution is -2.14. The van der Waals surface area contributed by atoms with E-state index in [1.54, 1.807) is 12.1 Å². The third-order valence-electron chi connectivity index (χ3n) is 4.61. The molecule has 1 aliphatic heterocycles. The molecule has 1 atom stereocenters. The second-order valence-corrected chi connectivity index (χ2v) is 6.62. The number of nitrogens with zero attached hydrogens (tertiary/aromatic N) is 3. The van der Waals surface area contributed by atoms with Crippen molar-refractivity contribution in [1.82, 2.24) is 9.97 Å². The number of anilines is 2. The van der Waals surface area contributed by atoms with E-state index in [2.05, 4.69) is 25.6 Å². The molecule has 7 heteroatoms. The third kappa shape index (κ3) is 3.56. The van der Waals surface area contributed by atoms with E-state index in [0.29, 0.717) is 18.3 Å². The molecule has 0 unspecified atom stereocenters. The van der Waals surface area contributed by atoms with E-state index >= 15 is 0 Å². The summed E-state index contributed by atoms with van der Waals surface area (Å²) in [4.78, 5) is 12.4. The Morgan fingerprint density at radius 1 is 1.08 bits per heavy atom. The molecule has 5 nitrogen and oxygen atoms in total. The van der Waals surface area contributed by atoms with Gasteiger partial charge in [0.1, 0.15) is 18.0 Å². The van der Waals surface area contributed by atoms with Crippen LogP contribution in [0.25, 0.3) is 0 Å². The molecule has 134 valence electrons. The first-order valence-corrected chi connectivity index (χ1v) is 8.64. The molecule has 0 radical (unpaired) electrons. The molecular weight excluding hydrogens is 336 g/mol. The smallest absolute Gasteiger partial charge is 0.208 e. The van der Waals surface area contributed by atoms with Gasteiger partial charge in [0.25, 0.3) is 0 Å². The highest BCUT2D eigenvalue weighted by atomic mass is 19.1. The number of aromatic nitrogens is 2. The van der Waals surface area contributed by atoms with Gasteiger partial charge in [-0.2, -0.15) is 4.39 Å². The highest BCUT2D eigenvalue weighted by Gasteiger charge is 2.28. The monoisotopic (exact) mass is 355 g/mol. The van der Waals surface area contributed by atoms with Gasteiger partial charge in [0, 0.05) is 0 Å². The molecule has 0 bridgehead atoms. The van der Waals surface area contributed by atoms with Crippen LogP contribution in [0.15, 0.2) is 47.2 Å². The highest BCUT2D eigenvalue weighted by molar-refractivity contribution is 6.05. The van der Waals surface area contributed by atoms with Crippen LogP contribution in [0, 0.1) is 17.6 Å². The summed E-state index contributed by atoms with van der Waals surface area (Å²) in [6.45, 7) is 2.53. The SMILES string of the molecule is C[C@H](Nc1ncnc(NC2=NCC(C3CC3)=C2)c1F)c1ccc(F)cc1. The van der Waals surface area contributed by atoms with Crippen LogP contribution >= 0.6 is 0 Å². The van der Waals surface area contributed by atoms with Gasteiger partial charge in [-0.05, 0) is 55.0 Å². The van der Waals surface area contributed by atoms with E-state index in [9.17, 15) is 8.78 Å². The van der Waals surface area contributed by atoms with E-state index in [1.807, 2.05) is 13.0 Å². The van der Waals surface area contributed by atoms with Crippen LogP contribution in [0.2, 0.25) is 0 Å². The number of aliphatic imine (C=N–C) groups is 1. The van der Waals surface area contributed by atoms with E-state index in [1.165, 1.54) is 36.9 Å². The van der Waals surface area contributed by atoms with Gasteiger partial charge in [-0.3, -0.25) is 4.99 Å². The Hall–Kier alpha value is -2.83. The number of hydrogen-bond donors (Lipinski definition) is 2. The molecule has 2 heterocycles. The standard InChI is InChI=1S/C19H19F2N5/c1-11(12-4-6-15(20)7-5-12)25-18-17(21)19(24-10-23-18)26-16-8-14(9-22-16)13-2-3-13/h4-8,10-11,13H,2-3,9H2,1H3,(H2,22,23,24,25,26)/t11-/m0/s1. The summed E-state index contributed by atoms with van der Waals surface area (Å²) < 4.78 is 27.8. The number of hydrogen-bond acceptors (Lipinski definition) is 5. The average Bonchev–Trinajstić information content (AvgIpc) is 3.38. The molecule has 0 spiro atoms. The van der Waals surface area contributed by atoms with Gasteiger partial charge in [0.15, 0.2) is 11.6 Å². The third-order valence-corrected chi connectivity index (χ3v) is 4.61. The van der Waals surface area contributed by atoms with Crippen LogP contribution < -0.4 is 10.6 Å². The fourth-order valence-corrected chi connectivity index (χ4v) is 2.94. The molecule has 1 fully saturated rings. The van der Waals surface area contributed by atoms with Gasteiger partial charge < -0.3 is 10.6 Å². The zero-order valence-electron chi connectivity index (χ0n) is 14.3. The van der Waals surface area contributed by atoms with Gasteiger partial charge in [0.2, 0.25) is 5.82 Å². The lowest BCUT2D eigenvalue weighted by Gasteiger charge is -2.16. The Kier molecular flexibility index (Phi) is 4.36. The van der Waals surface area contributed by atoms with Gasteiger partial charge in [0.05, 0.1) is 12.6 Å². The molecular formula is C19H19F2N5. The summed E-state index contributed by atoms with van der Waals surface area (Å²) >= 11 is 0. The van der Waals surface area contributed by atoms with Crippen LogP contribution in [-0.4, -0.2) is 22.3 Å². The van der Waals surface area contributed by atoms with Crippen LogP contribution in [-0.2, 0) is 0 Å². The Morgan fingerprint density at radius 3 is 2.54 bits per heavy atom. The Balaban J connectivity index is 1.48. The van der Waals surface area contributed by atoms with E-state index in [0.717, 1.165) is 5.56 Å². The maximum absolute atomic E-state index is 14.7. The van der Waals surface area contributed by atoms with Gasteiger partial charge in [-0.1, -0.05) is 12.1 Å². The zero-order valence-corrected chi connectivity index (χ0v) is 14.3. The minimum Gasteiger partial charge on any atom is -0.361 e. The summed E-state index contributed by atoms with van der Waals surface area (Å²) in [7, 11) is 0. The van der Waals surface area contributed by atoms with E-state index in [-0.39, 0.29) is 23.5 Å². The summed E-state index contributed by atoms with van der Waals surface area (Å²) in [5, 5.41) is 5.94. The molecule has 2 N–H and O–H groups in total. The first-order chi connectivity index (χ1) is 12.6. The molecule has 1 aromatic carbocycles. The number of amidine groups is 1. The van der Waals surface area contributed by atoms with Crippen molar-refractivity contribution in [3.8, 4) is 0 Å². The van der Waals surface area contributed by atoms with Crippen molar-refractivity contribution < 1.29 is 8.78 Å². The number of benzene rings is 1. The molecule has 0 saturated heterocycles. The number of nitrogens with one attached hydrogen (secondary N) is 2. The molecule has 4 rings (SSSR count). The van der Waals surface area contributed by atoms with Crippen LogP contribution in [0.4, 0.5) is 20.4 Å². The van der Waals surface area contributed by atoms with Crippen LogP contribution in [0.5, 0.6) is 0 Å². The predicted molar refractivity (Wildman–Crippen MR) is 97.2 cm³/mol. The Labute approximate surface area is 150 Å². The molecule has 1 aromatic heterocycles. The van der Waals surface area contributed by atoms with Gasteiger partial charge in [-0.15, -0.1) is 0 Å². The van der Waals surface area contributed by atoms with Crippen molar-refractivity contribution in [3.63, 3.8) is 0 Å². The predicted octanol–water partition coefficient (Wildman–Crippen LogP) is 4.09. The topological polar surface area (TPSA) is 62.2 Å². The quantitative estimate of drug-likeness (QED) is 0.848. The molecule has 2 aliphatic rings. The minimum atomic E-state index is -0.572. The largest absolute Gasteiger partial charge is 0.361 e. The van der Waals surface area contributed by atoms with Crippen LogP contribution in [0.3, 0.4) is 0 Å².